The third-order valence-electron chi connectivity index (χ3n) is 3.18. The van der Waals surface area contributed by atoms with Gasteiger partial charge in [0.2, 0.25) is 0 Å². The summed E-state index contributed by atoms with van der Waals surface area (Å²) in [5, 5.41) is 0. The first kappa shape index (κ1) is 11.7. The highest BCUT2D eigenvalue weighted by Gasteiger charge is 2.26. The van der Waals surface area contributed by atoms with Gasteiger partial charge in [0.05, 0.1) is 6.54 Å². The second-order valence-electron chi connectivity index (χ2n) is 4.92. The molecule has 0 N–H and O–H groups in total. The largest absolute Gasteiger partial charge is 0.354 e. The van der Waals surface area contributed by atoms with Gasteiger partial charge in [-0.1, -0.05) is 0 Å². The number of aryl methyl sites for hydroxylation is 1. The summed E-state index contributed by atoms with van der Waals surface area (Å²) in [4.78, 5) is 13.9. The minimum Gasteiger partial charge on any atom is -0.354 e. The molecule has 0 aliphatic heterocycles. The van der Waals surface area contributed by atoms with E-state index in [-0.39, 0.29) is 0 Å². The number of thiophene rings is 1. The minimum absolute atomic E-state index is 0.613. The molecular weight excluding hydrogens is 242 g/mol. The molecule has 0 unspecified atom stereocenters. The standard InChI is InChI=1S/C14H17N3S/c1-10-3-6-12(18-10)9-17(2)13-7-8-15-14(16-13)11-4-5-11/h3,6-8,11H,4-5,9H2,1-2H3. The molecule has 18 heavy (non-hydrogen) atoms. The minimum atomic E-state index is 0.613. The summed E-state index contributed by atoms with van der Waals surface area (Å²) in [5.41, 5.74) is 0. The van der Waals surface area contributed by atoms with Crippen LogP contribution in [0.15, 0.2) is 24.4 Å². The SMILES string of the molecule is Cc1ccc(CN(C)c2ccnc(C3CC3)n2)s1. The Bertz CT molecular complexity index is 545. The Balaban J connectivity index is 1.74. The van der Waals surface area contributed by atoms with Crippen molar-refractivity contribution in [3.63, 3.8) is 0 Å². The zero-order valence-corrected chi connectivity index (χ0v) is 11.6. The van der Waals surface area contributed by atoms with Gasteiger partial charge < -0.3 is 4.90 Å². The number of hydrogen-bond acceptors (Lipinski definition) is 4. The Morgan fingerprint density at radius 1 is 1.33 bits per heavy atom. The first-order valence-corrected chi connectivity index (χ1v) is 7.13. The van der Waals surface area contributed by atoms with Crippen LogP contribution in [-0.2, 0) is 6.54 Å². The summed E-state index contributed by atoms with van der Waals surface area (Å²) in [5.74, 6) is 2.65. The number of aromatic nitrogens is 2. The van der Waals surface area contributed by atoms with Crippen LogP contribution in [0.1, 0.15) is 34.3 Å². The predicted molar refractivity (Wildman–Crippen MR) is 75.2 cm³/mol. The lowest BCUT2D eigenvalue weighted by atomic mass is 10.3. The number of hydrogen-bond donors (Lipinski definition) is 0. The van der Waals surface area contributed by atoms with E-state index >= 15 is 0 Å². The smallest absolute Gasteiger partial charge is 0.133 e. The van der Waals surface area contributed by atoms with E-state index in [0.717, 1.165) is 18.2 Å². The normalized spacial score (nSPS) is 14.8. The Hall–Kier alpha value is -1.42. The lowest BCUT2D eigenvalue weighted by Crippen LogP contribution is -2.17. The van der Waals surface area contributed by atoms with Gasteiger partial charge in [-0.2, -0.15) is 0 Å². The highest BCUT2D eigenvalue weighted by Crippen LogP contribution is 2.38. The fourth-order valence-electron chi connectivity index (χ4n) is 2.00. The summed E-state index contributed by atoms with van der Waals surface area (Å²) in [6.45, 7) is 3.06. The summed E-state index contributed by atoms with van der Waals surface area (Å²) in [7, 11) is 2.09. The zero-order valence-electron chi connectivity index (χ0n) is 10.8. The summed E-state index contributed by atoms with van der Waals surface area (Å²) >= 11 is 1.85. The van der Waals surface area contributed by atoms with E-state index in [1.54, 1.807) is 0 Å². The van der Waals surface area contributed by atoms with Crippen molar-refractivity contribution in [3.05, 3.63) is 40.0 Å². The quantitative estimate of drug-likeness (QED) is 0.843. The van der Waals surface area contributed by atoms with Crippen molar-refractivity contribution in [2.45, 2.75) is 32.2 Å². The molecule has 0 amide bonds. The first-order valence-electron chi connectivity index (χ1n) is 6.32. The molecule has 94 valence electrons. The molecule has 0 aromatic carbocycles. The molecule has 1 saturated carbocycles. The number of rotatable bonds is 4. The van der Waals surface area contributed by atoms with E-state index < -0.39 is 0 Å². The van der Waals surface area contributed by atoms with Gasteiger partial charge in [-0.3, -0.25) is 0 Å². The van der Waals surface area contributed by atoms with Crippen LogP contribution in [0.5, 0.6) is 0 Å². The molecule has 0 atom stereocenters. The fourth-order valence-corrected chi connectivity index (χ4v) is 2.94. The summed E-state index contributed by atoms with van der Waals surface area (Å²) in [6.07, 6.45) is 4.38. The molecule has 4 heteroatoms. The lowest BCUT2D eigenvalue weighted by Gasteiger charge is -2.17. The molecule has 3 rings (SSSR count). The molecule has 1 aliphatic rings. The maximum atomic E-state index is 4.66. The van der Waals surface area contributed by atoms with Crippen LogP contribution >= 0.6 is 11.3 Å². The van der Waals surface area contributed by atoms with E-state index in [9.17, 15) is 0 Å². The van der Waals surface area contributed by atoms with Crippen molar-refractivity contribution in [2.24, 2.45) is 0 Å². The highest BCUT2D eigenvalue weighted by molar-refractivity contribution is 7.11. The number of anilines is 1. The zero-order chi connectivity index (χ0) is 12.5. The first-order chi connectivity index (χ1) is 8.72. The van der Waals surface area contributed by atoms with Gasteiger partial charge in [0, 0.05) is 28.9 Å². The van der Waals surface area contributed by atoms with Crippen LogP contribution in [0, 0.1) is 6.92 Å². The maximum absolute atomic E-state index is 4.66. The van der Waals surface area contributed by atoms with Gasteiger partial charge in [-0.05, 0) is 38.0 Å². The Morgan fingerprint density at radius 3 is 2.83 bits per heavy atom. The second-order valence-corrected chi connectivity index (χ2v) is 6.29. The summed E-state index contributed by atoms with van der Waals surface area (Å²) < 4.78 is 0. The third kappa shape index (κ3) is 2.53. The van der Waals surface area contributed by atoms with Gasteiger partial charge in [-0.15, -0.1) is 11.3 Å². The van der Waals surface area contributed by atoms with E-state index in [2.05, 4.69) is 41.0 Å². The molecule has 1 aliphatic carbocycles. The van der Waals surface area contributed by atoms with Gasteiger partial charge in [0.1, 0.15) is 11.6 Å². The predicted octanol–water partition coefficient (Wildman–Crippen LogP) is 3.36. The van der Waals surface area contributed by atoms with Crippen LogP contribution in [0.4, 0.5) is 5.82 Å². The topological polar surface area (TPSA) is 29.0 Å². The third-order valence-corrected chi connectivity index (χ3v) is 4.17. The van der Waals surface area contributed by atoms with Crippen LogP contribution in [0.25, 0.3) is 0 Å². The van der Waals surface area contributed by atoms with Gasteiger partial charge >= 0.3 is 0 Å². The van der Waals surface area contributed by atoms with Crippen molar-refractivity contribution in [1.82, 2.24) is 9.97 Å². The average Bonchev–Trinajstić information content (AvgIpc) is 3.14. The van der Waals surface area contributed by atoms with E-state index in [4.69, 9.17) is 0 Å². The summed E-state index contributed by atoms with van der Waals surface area (Å²) in [6, 6.07) is 6.36. The molecule has 2 aromatic rings. The van der Waals surface area contributed by atoms with Gasteiger partial charge in [0.25, 0.3) is 0 Å². The molecule has 2 aromatic heterocycles. The van der Waals surface area contributed by atoms with Crippen LogP contribution < -0.4 is 4.90 Å². The van der Waals surface area contributed by atoms with Gasteiger partial charge in [0.15, 0.2) is 0 Å². The second kappa shape index (κ2) is 4.69. The Kier molecular flexibility index (Phi) is 3.04. The van der Waals surface area contributed by atoms with Crippen molar-refractivity contribution < 1.29 is 0 Å². The lowest BCUT2D eigenvalue weighted by molar-refractivity contribution is 0.861. The average molecular weight is 259 g/mol. The molecule has 0 bridgehead atoms. The maximum Gasteiger partial charge on any atom is 0.133 e. The monoisotopic (exact) mass is 259 g/mol. The van der Waals surface area contributed by atoms with Crippen molar-refractivity contribution in [3.8, 4) is 0 Å². The van der Waals surface area contributed by atoms with E-state index in [1.165, 1.54) is 22.6 Å². The fraction of sp³-hybridized carbons (Fsp3) is 0.429. The molecule has 2 heterocycles. The molecule has 3 nitrogen and oxygen atoms in total. The van der Waals surface area contributed by atoms with E-state index in [0.29, 0.717) is 5.92 Å². The highest BCUT2D eigenvalue weighted by atomic mass is 32.1. The molecule has 0 spiro atoms. The van der Waals surface area contributed by atoms with Crippen LogP contribution in [0.3, 0.4) is 0 Å². The van der Waals surface area contributed by atoms with Crippen molar-refractivity contribution >= 4 is 17.2 Å². The van der Waals surface area contributed by atoms with Crippen LogP contribution in [0.2, 0.25) is 0 Å². The van der Waals surface area contributed by atoms with Gasteiger partial charge in [-0.25, -0.2) is 9.97 Å². The van der Waals surface area contributed by atoms with E-state index in [1.807, 2.05) is 23.6 Å². The number of nitrogens with zero attached hydrogens (tertiary/aromatic N) is 3. The van der Waals surface area contributed by atoms with Crippen LogP contribution in [-0.4, -0.2) is 17.0 Å². The molecule has 0 radical (unpaired) electrons. The Morgan fingerprint density at radius 2 is 2.17 bits per heavy atom. The van der Waals surface area contributed by atoms with Crippen molar-refractivity contribution in [2.75, 3.05) is 11.9 Å². The Labute approximate surface area is 112 Å². The van der Waals surface area contributed by atoms with Crippen molar-refractivity contribution in [1.29, 1.82) is 0 Å². The molecule has 0 saturated heterocycles. The molecular formula is C14H17N3S. The molecule has 1 fully saturated rings.